The predicted molar refractivity (Wildman–Crippen MR) is 94.7 cm³/mol. The van der Waals surface area contributed by atoms with E-state index in [0.29, 0.717) is 12.0 Å². The molecule has 1 heterocycles. The second kappa shape index (κ2) is 6.58. The first-order chi connectivity index (χ1) is 11.5. The average molecular weight is 384 g/mol. The smallest absolute Gasteiger partial charge is 0.123 e. The molecule has 3 nitrogen and oxygen atoms in total. The van der Waals surface area contributed by atoms with E-state index in [0.717, 1.165) is 32.7 Å². The summed E-state index contributed by atoms with van der Waals surface area (Å²) in [6.45, 7) is 3.99. The summed E-state index contributed by atoms with van der Waals surface area (Å²) in [5.41, 5.74) is 5.63. The van der Waals surface area contributed by atoms with Crippen molar-refractivity contribution in [3.05, 3.63) is 80.8 Å². The van der Waals surface area contributed by atoms with Crippen molar-refractivity contribution in [1.29, 1.82) is 5.26 Å². The predicted octanol–water partition coefficient (Wildman–Crippen LogP) is 4.85. The van der Waals surface area contributed by atoms with E-state index >= 15 is 0 Å². The number of nitriles is 1. The molecule has 2 aromatic carbocycles. The molecule has 3 aromatic rings. The van der Waals surface area contributed by atoms with Gasteiger partial charge in [0.15, 0.2) is 0 Å². The molecule has 0 unspecified atom stereocenters. The van der Waals surface area contributed by atoms with Gasteiger partial charge >= 0.3 is 0 Å². The maximum atomic E-state index is 13.1. The van der Waals surface area contributed by atoms with Crippen LogP contribution in [0.25, 0.3) is 5.69 Å². The van der Waals surface area contributed by atoms with Crippen LogP contribution in [0.4, 0.5) is 4.39 Å². The van der Waals surface area contributed by atoms with Crippen molar-refractivity contribution in [3.63, 3.8) is 0 Å². The monoisotopic (exact) mass is 383 g/mol. The van der Waals surface area contributed by atoms with E-state index in [2.05, 4.69) is 27.1 Å². The maximum absolute atomic E-state index is 13.1. The summed E-state index contributed by atoms with van der Waals surface area (Å²) in [5.74, 6) is -0.231. The number of aryl methyl sites for hydroxylation is 1. The number of hydrogen-bond acceptors (Lipinski definition) is 2. The zero-order valence-electron chi connectivity index (χ0n) is 13.3. The van der Waals surface area contributed by atoms with E-state index in [4.69, 9.17) is 5.26 Å². The Hall–Kier alpha value is -2.45. The molecule has 3 rings (SSSR count). The number of nitrogens with zero attached hydrogens (tertiary/aromatic N) is 3. The minimum atomic E-state index is -0.231. The minimum Gasteiger partial charge on any atom is -0.238 e. The molecule has 120 valence electrons. The maximum Gasteiger partial charge on any atom is 0.123 e. The van der Waals surface area contributed by atoms with Crippen LogP contribution < -0.4 is 0 Å². The van der Waals surface area contributed by atoms with Crippen molar-refractivity contribution in [2.24, 2.45) is 0 Å². The molecule has 0 aliphatic rings. The van der Waals surface area contributed by atoms with Crippen molar-refractivity contribution >= 4 is 15.9 Å². The minimum absolute atomic E-state index is 0.231. The second-order valence-electron chi connectivity index (χ2n) is 5.64. The standard InChI is InChI=1S/C19H15BrFN3/c1-12-18(9-14-3-6-16(21)7-4-14)13(2)24(23-12)17-8-5-15(11-22)19(20)10-17/h3-8,10H,9H2,1-2H3. The van der Waals surface area contributed by atoms with Gasteiger partial charge in [-0.15, -0.1) is 0 Å². The molecule has 0 aliphatic heterocycles. The number of rotatable bonds is 3. The number of halogens is 2. The first-order valence-corrected chi connectivity index (χ1v) is 8.28. The van der Waals surface area contributed by atoms with Crippen LogP contribution in [0.5, 0.6) is 0 Å². The largest absolute Gasteiger partial charge is 0.238 e. The van der Waals surface area contributed by atoms with Gasteiger partial charge in [0.1, 0.15) is 11.9 Å². The van der Waals surface area contributed by atoms with Gasteiger partial charge in [0.05, 0.1) is 16.9 Å². The van der Waals surface area contributed by atoms with Crippen molar-refractivity contribution in [2.45, 2.75) is 20.3 Å². The highest BCUT2D eigenvalue weighted by Gasteiger charge is 2.14. The third-order valence-electron chi connectivity index (χ3n) is 4.05. The lowest BCUT2D eigenvalue weighted by atomic mass is 10.0. The molecule has 0 spiro atoms. The molecule has 0 saturated carbocycles. The summed E-state index contributed by atoms with van der Waals surface area (Å²) in [5, 5.41) is 13.7. The fourth-order valence-electron chi connectivity index (χ4n) is 2.72. The Kier molecular flexibility index (Phi) is 4.50. The first-order valence-electron chi connectivity index (χ1n) is 7.49. The van der Waals surface area contributed by atoms with Crippen molar-refractivity contribution < 1.29 is 4.39 Å². The summed E-state index contributed by atoms with van der Waals surface area (Å²) >= 11 is 3.42. The SMILES string of the molecule is Cc1nn(-c2ccc(C#N)c(Br)c2)c(C)c1Cc1ccc(F)cc1. The van der Waals surface area contributed by atoms with E-state index in [-0.39, 0.29) is 5.82 Å². The molecule has 0 atom stereocenters. The van der Waals surface area contributed by atoms with Crippen molar-refractivity contribution in [3.8, 4) is 11.8 Å². The van der Waals surface area contributed by atoms with Crippen LogP contribution in [0, 0.1) is 31.0 Å². The van der Waals surface area contributed by atoms with E-state index in [1.165, 1.54) is 12.1 Å². The molecule has 0 saturated heterocycles. The van der Waals surface area contributed by atoms with Gasteiger partial charge in [-0.2, -0.15) is 10.4 Å². The molecular weight excluding hydrogens is 369 g/mol. The summed E-state index contributed by atoms with van der Waals surface area (Å²) in [7, 11) is 0. The van der Waals surface area contributed by atoms with Crippen LogP contribution in [-0.2, 0) is 6.42 Å². The molecule has 0 radical (unpaired) electrons. The molecule has 24 heavy (non-hydrogen) atoms. The van der Waals surface area contributed by atoms with Gasteiger partial charge in [-0.3, -0.25) is 0 Å². The van der Waals surface area contributed by atoms with E-state index < -0.39 is 0 Å². The van der Waals surface area contributed by atoms with Gasteiger partial charge in [-0.1, -0.05) is 12.1 Å². The Morgan fingerprint density at radius 2 is 1.88 bits per heavy atom. The highest BCUT2D eigenvalue weighted by molar-refractivity contribution is 9.10. The zero-order valence-corrected chi connectivity index (χ0v) is 14.9. The van der Waals surface area contributed by atoms with Gasteiger partial charge in [0.2, 0.25) is 0 Å². The van der Waals surface area contributed by atoms with Crippen molar-refractivity contribution in [1.82, 2.24) is 9.78 Å². The van der Waals surface area contributed by atoms with Gasteiger partial charge in [0, 0.05) is 22.2 Å². The summed E-state index contributed by atoms with van der Waals surface area (Å²) in [6.07, 6.45) is 0.704. The van der Waals surface area contributed by atoms with Crippen molar-refractivity contribution in [2.75, 3.05) is 0 Å². The Morgan fingerprint density at radius 3 is 2.50 bits per heavy atom. The molecule has 0 amide bonds. The number of aromatic nitrogens is 2. The molecule has 0 N–H and O–H groups in total. The lowest BCUT2D eigenvalue weighted by Crippen LogP contribution is -2.00. The van der Waals surface area contributed by atoms with Gasteiger partial charge in [0.25, 0.3) is 0 Å². The molecular formula is C19H15BrFN3. The van der Waals surface area contributed by atoms with Crippen LogP contribution in [-0.4, -0.2) is 9.78 Å². The van der Waals surface area contributed by atoms with Gasteiger partial charge < -0.3 is 0 Å². The summed E-state index contributed by atoms with van der Waals surface area (Å²) in [6, 6.07) is 14.2. The second-order valence-corrected chi connectivity index (χ2v) is 6.49. The van der Waals surface area contributed by atoms with Gasteiger partial charge in [-0.05, 0) is 65.7 Å². The number of hydrogen-bond donors (Lipinski definition) is 0. The van der Waals surface area contributed by atoms with E-state index in [1.807, 2.05) is 30.7 Å². The lowest BCUT2D eigenvalue weighted by molar-refractivity contribution is 0.627. The lowest BCUT2D eigenvalue weighted by Gasteiger charge is -2.07. The Morgan fingerprint density at radius 1 is 1.17 bits per heavy atom. The summed E-state index contributed by atoms with van der Waals surface area (Å²) < 4.78 is 15.7. The highest BCUT2D eigenvalue weighted by atomic mass is 79.9. The quantitative estimate of drug-likeness (QED) is 0.648. The van der Waals surface area contributed by atoms with Crippen LogP contribution in [0.3, 0.4) is 0 Å². The normalized spacial score (nSPS) is 10.6. The Bertz CT molecular complexity index is 936. The fraction of sp³-hybridized carbons (Fsp3) is 0.158. The summed E-state index contributed by atoms with van der Waals surface area (Å²) in [4.78, 5) is 0. The fourth-order valence-corrected chi connectivity index (χ4v) is 3.17. The molecule has 1 aromatic heterocycles. The van der Waals surface area contributed by atoms with Crippen LogP contribution in [0.1, 0.15) is 28.1 Å². The van der Waals surface area contributed by atoms with Crippen LogP contribution >= 0.6 is 15.9 Å². The average Bonchev–Trinajstić information content (AvgIpc) is 2.85. The Labute approximate surface area is 148 Å². The molecule has 5 heteroatoms. The van der Waals surface area contributed by atoms with Crippen LogP contribution in [0.15, 0.2) is 46.9 Å². The third kappa shape index (κ3) is 3.10. The van der Waals surface area contributed by atoms with Crippen LogP contribution in [0.2, 0.25) is 0 Å². The highest BCUT2D eigenvalue weighted by Crippen LogP contribution is 2.24. The molecule has 0 aliphatic carbocycles. The first kappa shape index (κ1) is 16.4. The molecule has 0 bridgehead atoms. The van der Waals surface area contributed by atoms with E-state index in [1.54, 1.807) is 18.2 Å². The zero-order chi connectivity index (χ0) is 17.3. The third-order valence-corrected chi connectivity index (χ3v) is 4.71. The van der Waals surface area contributed by atoms with E-state index in [9.17, 15) is 4.39 Å². The topological polar surface area (TPSA) is 41.6 Å². The molecule has 0 fully saturated rings. The van der Waals surface area contributed by atoms with Gasteiger partial charge in [-0.25, -0.2) is 9.07 Å². The Balaban J connectivity index is 1.99. The number of benzene rings is 2.